The highest BCUT2D eigenvalue weighted by Gasteiger charge is 2.24. The summed E-state index contributed by atoms with van der Waals surface area (Å²) < 4.78 is 105. The van der Waals surface area contributed by atoms with E-state index in [1.54, 1.807) is 60.7 Å². The van der Waals surface area contributed by atoms with Crippen LogP contribution in [-0.2, 0) is 43.4 Å². The van der Waals surface area contributed by atoms with Crippen molar-refractivity contribution in [3.8, 4) is 0 Å². The Morgan fingerprint density at radius 3 is 1.63 bits per heavy atom. The van der Waals surface area contributed by atoms with Crippen molar-refractivity contribution < 1.29 is 43.5 Å². The number of anilines is 1. The van der Waals surface area contributed by atoms with Gasteiger partial charge in [-0.2, -0.15) is 25.3 Å². The molecule has 3 N–H and O–H groups in total. The van der Waals surface area contributed by atoms with Gasteiger partial charge in [0.1, 0.15) is 16.3 Å². The minimum absolute atomic E-state index is 0.176. The SMILES string of the molecule is CCN(Cc1ccccc1S(=O)(=O)O)c1ccc(C(=C2C=CC(=[N+](CC)Cc3ccccc3S(=O)(=O)O)C=C2)c2ccccc2S(=O)(=O)O)cc1. The van der Waals surface area contributed by atoms with E-state index in [0.717, 1.165) is 11.4 Å². The fourth-order valence-electron chi connectivity index (χ4n) is 6.01. The van der Waals surface area contributed by atoms with E-state index in [1.807, 2.05) is 47.6 Å². The molecule has 5 rings (SSSR count). The summed E-state index contributed by atoms with van der Waals surface area (Å²) in [5, 5.41) is 0. The first kappa shape index (κ1) is 37.6. The molecule has 0 radical (unpaired) electrons. The second-order valence-electron chi connectivity index (χ2n) is 11.6. The van der Waals surface area contributed by atoms with Gasteiger partial charge < -0.3 is 4.90 Å². The Balaban J connectivity index is 1.58. The van der Waals surface area contributed by atoms with Gasteiger partial charge in [-0.05, 0) is 78.6 Å². The highest BCUT2D eigenvalue weighted by Crippen LogP contribution is 2.35. The van der Waals surface area contributed by atoms with Crippen LogP contribution in [0.1, 0.15) is 36.1 Å². The Labute approximate surface area is 298 Å². The molecule has 0 spiro atoms. The highest BCUT2D eigenvalue weighted by molar-refractivity contribution is 7.86. The summed E-state index contributed by atoms with van der Waals surface area (Å²) >= 11 is 0. The Morgan fingerprint density at radius 1 is 0.608 bits per heavy atom. The molecule has 0 heterocycles. The van der Waals surface area contributed by atoms with Gasteiger partial charge in [-0.15, -0.1) is 0 Å². The lowest BCUT2D eigenvalue weighted by molar-refractivity contribution is -0.539. The predicted octanol–water partition coefficient (Wildman–Crippen LogP) is 6.05. The van der Waals surface area contributed by atoms with Gasteiger partial charge in [-0.1, -0.05) is 66.7 Å². The van der Waals surface area contributed by atoms with Crippen molar-refractivity contribution in [2.24, 2.45) is 0 Å². The van der Waals surface area contributed by atoms with Gasteiger partial charge >= 0.3 is 0 Å². The molecule has 0 atom stereocenters. The molecule has 4 aromatic rings. The van der Waals surface area contributed by atoms with Gasteiger partial charge in [0.05, 0.1) is 4.90 Å². The third-order valence-electron chi connectivity index (χ3n) is 8.46. The largest absolute Gasteiger partial charge is 0.367 e. The van der Waals surface area contributed by atoms with Crippen molar-refractivity contribution in [3.05, 3.63) is 149 Å². The molecule has 1 aliphatic rings. The Hall–Kier alpha value is -4.70. The van der Waals surface area contributed by atoms with E-state index in [9.17, 15) is 38.9 Å². The lowest BCUT2D eigenvalue weighted by Gasteiger charge is -2.25. The van der Waals surface area contributed by atoms with Gasteiger partial charge in [0.25, 0.3) is 30.4 Å². The summed E-state index contributed by atoms with van der Waals surface area (Å²) in [6.45, 7) is 5.21. The van der Waals surface area contributed by atoms with Gasteiger partial charge in [0.15, 0.2) is 12.3 Å². The van der Waals surface area contributed by atoms with Crippen LogP contribution in [0.25, 0.3) is 5.57 Å². The van der Waals surface area contributed by atoms with E-state index in [2.05, 4.69) is 0 Å². The molecule has 51 heavy (non-hydrogen) atoms. The molecule has 0 amide bonds. The standard InChI is InChI=1S/C37H36N2O9S3/c1-3-38(25-29-11-5-8-14-34(29)49(40,41)42)31-21-17-27(18-22-31)37(33-13-7-10-16-36(33)51(46,47)48)28-19-23-32(24-20-28)39(4-2)26-30-12-6-9-15-35(30)50(43,44)45/h5-24H,3-4,25-26H2,1-2H3,(H2-,40,41,42,43,44,45,46,47,48)/p+1. The minimum atomic E-state index is -4.62. The molecule has 266 valence electrons. The average molecular weight is 750 g/mol. The molecule has 14 heteroatoms. The molecule has 1 aliphatic carbocycles. The van der Waals surface area contributed by atoms with Gasteiger partial charge in [-0.3, -0.25) is 13.7 Å². The zero-order valence-corrected chi connectivity index (χ0v) is 30.2. The van der Waals surface area contributed by atoms with Crippen LogP contribution < -0.4 is 4.90 Å². The molecule has 0 unspecified atom stereocenters. The van der Waals surface area contributed by atoms with E-state index < -0.39 is 30.4 Å². The normalized spacial score (nSPS) is 13.4. The van der Waals surface area contributed by atoms with E-state index in [1.165, 1.54) is 36.4 Å². The van der Waals surface area contributed by atoms with E-state index in [0.29, 0.717) is 40.9 Å². The molecular formula is C37H37N2O9S3+. The van der Waals surface area contributed by atoms with Crippen molar-refractivity contribution in [2.45, 2.75) is 41.6 Å². The number of benzene rings is 4. The summed E-state index contributed by atoms with van der Waals surface area (Å²) in [6.07, 6.45) is 7.26. The second-order valence-corrected chi connectivity index (χ2v) is 15.8. The first-order chi connectivity index (χ1) is 24.1. The average Bonchev–Trinajstić information content (AvgIpc) is 3.10. The van der Waals surface area contributed by atoms with E-state index >= 15 is 0 Å². The number of hydrogen-bond donors (Lipinski definition) is 3. The summed E-state index contributed by atoms with van der Waals surface area (Å²) in [4.78, 5) is 1.30. The maximum atomic E-state index is 12.5. The predicted molar refractivity (Wildman–Crippen MR) is 196 cm³/mol. The molecule has 0 saturated heterocycles. The third-order valence-corrected chi connectivity index (χ3v) is 11.3. The summed E-state index contributed by atoms with van der Waals surface area (Å²) in [7, 11) is -13.5. The lowest BCUT2D eigenvalue weighted by atomic mass is 9.90. The van der Waals surface area contributed by atoms with Gasteiger partial charge in [-0.25, -0.2) is 4.58 Å². The smallest absolute Gasteiger partial charge is 0.295 e. The first-order valence-corrected chi connectivity index (χ1v) is 20.2. The maximum Gasteiger partial charge on any atom is 0.295 e. The number of hydrogen-bond acceptors (Lipinski definition) is 7. The summed E-state index contributed by atoms with van der Waals surface area (Å²) in [5.74, 6) is 0. The van der Waals surface area contributed by atoms with Crippen LogP contribution in [0.2, 0.25) is 0 Å². The Kier molecular flexibility index (Phi) is 11.2. The molecule has 0 saturated carbocycles. The minimum Gasteiger partial charge on any atom is -0.367 e. The summed E-state index contributed by atoms with van der Waals surface area (Å²) in [5.41, 5.74) is 4.37. The van der Waals surface area contributed by atoms with Crippen LogP contribution in [-0.4, -0.2) is 62.3 Å². The zero-order chi connectivity index (χ0) is 37.0. The molecular weight excluding hydrogens is 713 g/mol. The van der Waals surface area contributed by atoms with Gasteiger partial charge in [0.2, 0.25) is 0 Å². The van der Waals surface area contributed by atoms with Crippen LogP contribution in [0.3, 0.4) is 0 Å². The van der Waals surface area contributed by atoms with Crippen molar-refractivity contribution in [2.75, 3.05) is 18.0 Å². The van der Waals surface area contributed by atoms with Crippen LogP contribution in [0, 0.1) is 0 Å². The van der Waals surface area contributed by atoms with E-state index in [4.69, 9.17) is 0 Å². The Morgan fingerprint density at radius 2 is 1.10 bits per heavy atom. The molecule has 0 aromatic heterocycles. The number of allylic oxidation sites excluding steroid dienone is 5. The van der Waals surface area contributed by atoms with Crippen LogP contribution >= 0.6 is 0 Å². The molecule has 0 bridgehead atoms. The summed E-state index contributed by atoms with van der Waals surface area (Å²) in [6, 6.07) is 25.8. The second kappa shape index (κ2) is 15.3. The fraction of sp³-hybridized carbons (Fsp3) is 0.162. The monoisotopic (exact) mass is 749 g/mol. The molecule has 4 aromatic carbocycles. The van der Waals surface area contributed by atoms with Gasteiger partial charge in [0, 0.05) is 42.1 Å². The van der Waals surface area contributed by atoms with Crippen LogP contribution in [0.15, 0.2) is 142 Å². The number of nitrogens with zero attached hydrogens (tertiary/aromatic N) is 2. The topological polar surface area (TPSA) is 169 Å². The maximum absolute atomic E-state index is 12.5. The van der Waals surface area contributed by atoms with Crippen molar-refractivity contribution in [3.63, 3.8) is 0 Å². The van der Waals surface area contributed by atoms with E-state index in [-0.39, 0.29) is 33.3 Å². The lowest BCUT2D eigenvalue weighted by Crippen LogP contribution is -2.23. The Bertz CT molecular complexity index is 2400. The fourth-order valence-corrected chi connectivity index (χ4v) is 8.14. The molecule has 11 nitrogen and oxygen atoms in total. The number of rotatable bonds is 12. The first-order valence-electron chi connectivity index (χ1n) is 15.9. The zero-order valence-electron chi connectivity index (χ0n) is 27.8. The van der Waals surface area contributed by atoms with Crippen LogP contribution in [0.4, 0.5) is 5.69 Å². The van der Waals surface area contributed by atoms with Crippen molar-refractivity contribution in [1.82, 2.24) is 0 Å². The third kappa shape index (κ3) is 8.79. The van der Waals surface area contributed by atoms with Crippen molar-refractivity contribution >= 4 is 47.3 Å². The van der Waals surface area contributed by atoms with Crippen LogP contribution in [0.5, 0.6) is 0 Å². The highest BCUT2D eigenvalue weighted by atomic mass is 32.2. The van der Waals surface area contributed by atoms with Crippen molar-refractivity contribution in [1.29, 1.82) is 0 Å². The molecule has 0 fully saturated rings. The quantitative estimate of drug-likeness (QED) is 0.114. The molecule has 0 aliphatic heterocycles.